The minimum atomic E-state index is -0.269. The number of piperidine rings is 1. The highest BCUT2D eigenvalue weighted by Crippen LogP contribution is 2.39. The van der Waals surface area contributed by atoms with Crippen molar-refractivity contribution < 1.29 is 14.3 Å². The first-order chi connectivity index (χ1) is 13.1. The van der Waals surface area contributed by atoms with Gasteiger partial charge < -0.3 is 19.9 Å². The van der Waals surface area contributed by atoms with Crippen LogP contribution < -0.4 is 5.32 Å². The fourth-order valence-corrected chi connectivity index (χ4v) is 6.06. The van der Waals surface area contributed by atoms with Crippen LogP contribution in [0.25, 0.3) is 0 Å². The molecule has 3 heterocycles. The van der Waals surface area contributed by atoms with Gasteiger partial charge in [0, 0.05) is 32.2 Å². The average Bonchev–Trinajstić information content (AvgIpc) is 3.21. The van der Waals surface area contributed by atoms with Crippen LogP contribution in [-0.2, 0) is 14.3 Å². The zero-order valence-corrected chi connectivity index (χ0v) is 16.9. The molecular weight excluding hydrogens is 342 g/mol. The van der Waals surface area contributed by atoms with Crippen LogP contribution in [-0.4, -0.2) is 71.6 Å². The summed E-state index contributed by atoms with van der Waals surface area (Å²) in [4.78, 5) is 29.8. The number of fused-ring (bicyclic) bond motifs is 1. The maximum Gasteiger partial charge on any atom is 0.252 e. The Hall–Kier alpha value is -1.14. The summed E-state index contributed by atoms with van der Waals surface area (Å²) in [6.07, 6.45) is 8.53. The second-order valence-electron chi connectivity index (χ2n) is 9.03. The van der Waals surface area contributed by atoms with Crippen molar-refractivity contribution in [1.82, 2.24) is 15.1 Å². The maximum absolute atomic E-state index is 13.2. The molecule has 152 valence electrons. The molecule has 4 aliphatic rings. The Morgan fingerprint density at radius 3 is 2.56 bits per heavy atom. The first-order valence-corrected chi connectivity index (χ1v) is 11.0. The molecule has 3 aliphatic heterocycles. The molecule has 1 saturated carbocycles. The van der Waals surface area contributed by atoms with Crippen molar-refractivity contribution in [1.29, 1.82) is 0 Å². The molecule has 0 radical (unpaired) electrons. The minimum Gasteiger partial charge on any atom is -0.368 e. The summed E-state index contributed by atoms with van der Waals surface area (Å²) in [7, 11) is 0. The number of piperazine rings is 1. The van der Waals surface area contributed by atoms with Crippen molar-refractivity contribution in [3.8, 4) is 0 Å². The Morgan fingerprint density at radius 1 is 1.04 bits per heavy atom. The van der Waals surface area contributed by atoms with E-state index in [-0.39, 0.29) is 36.0 Å². The van der Waals surface area contributed by atoms with E-state index in [1.807, 2.05) is 0 Å². The normalized spacial score (nSPS) is 39.9. The summed E-state index contributed by atoms with van der Waals surface area (Å²) in [5.41, 5.74) is 0. The Kier molecular flexibility index (Phi) is 5.74. The summed E-state index contributed by atoms with van der Waals surface area (Å²) in [5.74, 6) is 0.916. The molecule has 6 atom stereocenters. The Bertz CT molecular complexity index is 557. The predicted octanol–water partition coefficient (Wildman–Crippen LogP) is 1.92. The van der Waals surface area contributed by atoms with E-state index in [2.05, 4.69) is 22.0 Å². The van der Waals surface area contributed by atoms with Gasteiger partial charge in [0.15, 0.2) is 0 Å². The molecule has 0 aromatic heterocycles. The van der Waals surface area contributed by atoms with Crippen LogP contribution >= 0.6 is 0 Å². The van der Waals surface area contributed by atoms with E-state index in [4.69, 9.17) is 4.74 Å². The number of amides is 2. The highest BCUT2D eigenvalue weighted by Gasteiger charge is 2.48. The molecule has 0 aromatic carbocycles. The van der Waals surface area contributed by atoms with Gasteiger partial charge in [-0.25, -0.2) is 0 Å². The first-order valence-electron chi connectivity index (χ1n) is 11.0. The Labute approximate surface area is 163 Å². The summed E-state index contributed by atoms with van der Waals surface area (Å²) in [6, 6.07) is 0.962. The molecule has 1 aliphatic carbocycles. The second kappa shape index (κ2) is 8.08. The van der Waals surface area contributed by atoms with Gasteiger partial charge in [-0.15, -0.1) is 0 Å². The van der Waals surface area contributed by atoms with Gasteiger partial charge in [0.1, 0.15) is 6.10 Å². The Balaban J connectivity index is 1.55. The standard InChI is InChI=1S/C21H35N3O3/c1-14-13-23(21(26)20-7-5-11-27-20)19-12-16(17-6-3-4-10-22-17)8-9-18(19)24(14)15(2)25/h14,16-20,22H,3-13H2,1-2H3/t14-,16?,17?,18?,19?,20?/m0/s1. The van der Waals surface area contributed by atoms with E-state index < -0.39 is 0 Å². The molecule has 6 nitrogen and oxygen atoms in total. The van der Waals surface area contributed by atoms with Crippen molar-refractivity contribution in [2.45, 2.75) is 95.5 Å². The SMILES string of the molecule is CC(=O)N1C2CCC(C3CCCCN3)CC2N(C(=O)C2CCCO2)C[C@@H]1C. The lowest BCUT2D eigenvalue weighted by Gasteiger charge is -2.55. The lowest BCUT2D eigenvalue weighted by Crippen LogP contribution is -2.68. The van der Waals surface area contributed by atoms with Crippen molar-refractivity contribution in [3.63, 3.8) is 0 Å². The highest BCUT2D eigenvalue weighted by molar-refractivity contribution is 5.82. The lowest BCUT2D eigenvalue weighted by atomic mass is 9.74. The predicted molar refractivity (Wildman–Crippen MR) is 103 cm³/mol. The molecule has 3 saturated heterocycles. The summed E-state index contributed by atoms with van der Waals surface area (Å²) < 4.78 is 5.72. The molecule has 5 unspecified atom stereocenters. The van der Waals surface area contributed by atoms with Crippen LogP contribution in [0.2, 0.25) is 0 Å². The van der Waals surface area contributed by atoms with Crippen LogP contribution in [0.3, 0.4) is 0 Å². The van der Waals surface area contributed by atoms with Crippen LogP contribution in [0.1, 0.15) is 65.2 Å². The molecule has 4 fully saturated rings. The van der Waals surface area contributed by atoms with E-state index in [1.165, 1.54) is 19.3 Å². The van der Waals surface area contributed by atoms with Gasteiger partial charge in [0.05, 0.1) is 12.1 Å². The largest absolute Gasteiger partial charge is 0.368 e. The van der Waals surface area contributed by atoms with Crippen LogP contribution in [0.5, 0.6) is 0 Å². The molecule has 27 heavy (non-hydrogen) atoms. The maximum atomic E-state index is 13.2. The fraction of sp³-hybridized carbons (Fsp3) is 0.905. The van der Waals surface area contributed by atoms with Gasteiger partial charge >= 0.3 is 0 Å². The molecule has 6 heteroatoms. The van der Waals surface area contributed by atoms with Crippen LogP contribution in [0.4, 0.5) is 0 Å². The van der Waals surface area contributed by atoms with Crippen molar-refractivity contribution in [2.75, 3.05) is 19.7 Å². The first kappa shape index (κ1) is 19.2. The van der Waals surface area contributed by atoms with E-state index >= 15 is 0 Å². The molecule has 0 bridgehead atoms. The van der Waals surface area contributed by atoms with Gasteiger partial charge in [-0.05, 0) is 64.3 Å². The third kappa shape index (κ3) is 3.75. The van der Waals surface area contributed by atoms with E-state index in [0.29, 0.717) is 25.1 Å². The zero-order chi connectivity index (χ0) is 19.0. The molecule has 0 spiro atoms. The topological polar surface area (TPSA) is 61.9 Å². The smallest absolute Gasteiger partial charge is 0.252 e. The van der Waals surface area contributed by atoms with Crippen LogP contribution in [0.15, 0.2) is 0 Å². The van der Waals surface area contributed by atoms with E-state index in [1.54, 1.807) is 6.92 Å². The molecule has 2 amide bonds. The van der Waals surface area contributed by atoms with Crippen molar-refractivity contribution in [3.05, 3.63) is 0 Å². The van der Waals surface area contributed by atoms with E-state index in [9.17, 15) is 9.59 Å². The molecule has 0 aromatic rings. The van der Waals surface area contributed by atoms with Gasteiger partial charge in [-0.1, -0.05) is 6.42 Å². The summed E-state index contributed by atoms with van der Waals surface area (Å²) in [6.45, 7) is 6.22. The number of ether oxygens (including phenoxy) is 1. The lowest BCUT2D eigenvalue weighted by molar-refractivity contribution is -0.160. The third-order valence-electron chi connectivity index (χ3n) is 7.28. The fourth-order valence-electron chi connectivity index (χ4n) is 6.06. The molecule has 4 rings (SSSR count). The number of rotatable bonds is 2. The number of carbonyl (C=O) groups excluding carboxylic acids is 2. The number of nitrogens with zero attached hydrogens (tertiary/aromatic N) is 2. The number of hydrogen-bond donors (Lipinski definition) is 1. The quantitative estimate of drug-likeness (QED) is 0.799. The third-order valence-corrected chi connectivity index (χ3v) is 7.28. The van der Waals surface area contributed by atoms with Crippen molar-refractivity contribution in [2.24, 2.45) is 5.92 Å². The zero-order valence-electron chi connectivity index (χ0n) is 16.9. The average molecular weight is 378 g/mol. The van der Waals surface area contributed by atoms with E-state index in [0.717, 1.165) is 38.6 Å². The van der Waals surface area contributed by atoms with Gasteiger partial charge in [-0.3, -0.25) is 9.59 Å². The highest BCUT2D eigenvalue weighted by atomic mass is 16.5. The molecular formula is C21H35N3O3. The number of hydrogen-bond acceptors (Lipinski definition) is 4. The van der Waals surface area contributed by atoms with Gasteiger partial charge in [0.25, 0.3) is 5.91 Å². The summed E-state index contributed by atoms with van der Waals surface area (Å²) in [5, 5.41) is 3.72. The van der Waals surface area contributed by atoms with Gasteiger partial charge in [-0.2, -0.15) is 0 Å². The Morgan fingerprint density at radius 2 is 1.89 bits per heavy atom. The second-order valence-corrected chi connectivity index (χ2v) is 9.03. The molecule has 1 N–H and O–H groups in total. The number of carbonyl (C=O) groups is 2. The monoisotopic (exact) mass is 377 g/mol. The number of nitrogens with one attached hydrogen (secondary N) is 1. The van der Waals surface area contributed by atoms with Gasteiger partial charge in [0.2, 0.25) is 5.91 Å². The van der Waals surface area contributed by atoms with Crippen molar-refractivity contribution >= 4 is 11.8 Å². The minimum absolute atomic E-state index is 0.0819. The summed E-state index contributed by atoms with van der Waals surface area (Å²) >= 11 is 0. The van der Waals surface area contributed by atoms with Crippen LogP contribution in [0, 0.1) is 5.92 Å².